The highest BCUT2D eigenvalue weighted by Gasteiger charge is 2.19. The van der Waals surface area contributed by atoms with Crippen LogP contribution in [0.3, 0.4) is 0 Å². The van der Waals surface area contributed by atoms with E-state index in [4.69, 9.17) is 5.11 Å². The summed E-state index contributed by atoms with van der Waals surface area (Å²) in [6, 6.07) is 4.14. The standard InChI is InChI=1S/C9H9BNO4/c1-10-5-6-2-3-7(9(12)13)8(4-6)11(14)15/h2-4H,5H2,1H3,(H,12,13). The number of hydrogen-bond acceptors (Lipinski definition) is 3. The van der Waals surface area contributed by atoms with Crippen LogP contribution in [0.1, 0.15) is 15.9 Å². The zero-order valence-corrected chi connectivity index (χ0v) is 8.14. The molecule has 1 radical (unpaired) electrons. The predicted octanol–water partition coefficient (Wildman–Crippen LogP) is 1.55. The van der Waals surface area contributed by atoms with E-state index in [-0.39, 0.29) is 11.3 Å². The fourth-order valence-electron chi connectivity index (χ4n) is 1.27. The van der Waals surface area contributed by atoms with Crippen molar-refractivity contribution in [1.82, 2.24) is 0 Å². The Labute approximate surface area is 87.1 Å². The number of carboxylic acids is 1. The second kappa shape index (κ2) is 4.59. The predicted molar refractivity (Wildman–Crippen MR) is 55.4 cm³/mol. The van der Waals surface area contributed by atoms with E-state index >= 15 is 0 Å². The van der Waals surface area contributed by atoms with Crippen molar-refractivity contribution in [3.63, 3.8) is 0 Å². The minimum Gasteiger partial charge on any atom is -0.477 e. The average Bonchev–Trinajstić information content (AvgIpc) is 2.17. The summed E-state index contributed by atoms with van der Waals surface area (Å²) in [7, 11) is 1.85. The quantitative estimate of drug-likeness (QED) is 0.460. The summed E-state index contributed by atoms with van der Waals surface area (Å²) >= 11 is 0. The monoisotopic (exact) mass is 206 g/mol. The van der Waals surface area contributed by atoms with E-state index in [9.17, 15) is 14.9 Å². The normalized spacial score (nSPS) is 9.67. The first kappa shape index (κ1) is 11.2. The van der Waals surface area contributed by atoms with Gasteiger partial charge in [-0.25, -0.2) is 4.79 Å². The van der Waals surface area contributed by atoms with E-state index in [0.29, 0.717) is 6.32 Å². The van der Waals surface area contributed by atoms with Gasteiger partial charge in [-0.2, -0.15) is 0 Å². The lowest BCUT2D eigenvalue weighted by Crippen LogP contribution is -2.04. The van der Waals surface area contributed by atoms with Crippen LogP contribution in [-0.4, -0.2) is 23.3 Å². The molecule has 0 aliphatic rings. The van der Waals surface area contributed by atoms with Gasteiger partial charge in [0.05, 0.1) is 4.92 Å². The molecule has 0 saturated carbocycles. The molecule has 0 aromatic heterocycles. The number of carbonyl (C=O) groups is 1. The zero-order valence-electron chi connectivity index (χ0n) is 8.14. The molecule has 0 aliphatic heterocycles. The Kier molecular flexibility index (Phi) is 3.44. The lowest BCUT2D eigenvalue weighted by molar-refractivity contribution is -0.385. The third-order valence-corrected chi connectivity index (χ3v) is 1.93. The summed E-state index contributed by atoms with van der Waals surface area (Å²) in [5, 5.41) is 19.3. The van der Waals surface area contributed by atoms with Gasteiger partial charge in [0.15, 0.2) is 0 Å². The summed E-state index contributed by atoms with van der Waals surface area (Å²) in [6.07, 6.45) is 0.584. The summed E-state index contributed by atoms with van der Waals surface area (Å²) in [5.74, 6) is -1.28. The van der Waals surface area contributed by atoms with Crippen LogP contribution in [0.5, 0.6) is 0 Å². The minimum absolute atomic E-state index is 0.278. The number of aromatic carboxylic acids is 1. The Morgan fingerprint density at radius 1 is 1.60 bits per heavy atom. The molecule has 1 N–H and O–H groups in total. The van der Waals surface area contributed by atoms with Crippen molar-refractivity contribution in [2.45, 2.75) is 13.1 Å². The fraction of sp³-hybridized carbons (Fsp3) is 0.222. The van der Waals surface area contributed by atoms with Gasteiger partial charge < -0.3 is 5.11 Å². The Morgan fingerprint density at radius 3 is 2.73 bits per heavy atom. The van der Waals surface area contributed by atoms with Crippen molar-refractivity contribution in [2.75, 3.05) is 0 Å². The number of rotatable bonds is 4. The highest BCUT2D eigenvalue weighted by Crippen LogP contribution is 2.20. The molecule has 15 heavy (non-hydrogen) atoms. The number of hydrogen-bond donors (Lipinski definition) is 1. The van der Waals surface area contributed by atoms with E-state index in [0.717, 1.165) is 5.56 Å². The van der Waals surface area contributed by atoms with Crippen molar-refractivity contribution < 1.29 is 14.8 Å². The van der Waals surface area contributed by atoms with Gasteiger partial charge in [0, 0.05) is 6.07 Å². The Balaban J connectivity index is 3.21. The third-order valence-electron chi connectivity index (χ3n) is 1.93. The van der Waals surface area contributed by atoms with Crippen LogP contribution < -0.4 is 0 Å². The van der Waals surface area contributed by atoms with Gasteiger partial charge in [-0.05, 0) is 11.6 Å². The van der Waals surface area contributed by atoms with E-state index in [1.165, 1.54) is 12.1 Å². The molecule has 1 aromatic rings. The van der Waals surface area contributed by atoms with Crippen LogP contribution in [0.15, 0.2) is 18.2 Å². The molecule has 0 unspecified atom stereocenters. The molecule has 1 rings (SSSR count). The molecule has 77 valence electrons. The average molecular weight is 206 g/mol. The summed E-state index contributed by atoms with van der Waals surface area (Å²) in [5.41, 5.74) is 0.0934. The summed E-state index contributed by atoms with van der Waals surface area (Å²) in [6.45, 7) is 1.83. The largest absolute Gasteiger partial charge is 0.477 e. The molecule has 5 nitrogen and oxygen atoms in total. The van der Waals surface area contributed by atoms with Crippen molar-refractivity contribution in [2.24, 2.45) is 0 Å². The first-order valence-electron chi connectivity index (χ1n) is 4.34. The molecule has 0 spiro atoms. The first-order chi connectivity index (χ1) is 7.06. The Morgan fingerprint density at radius 2 is 2.27 bits per heavy atom. The van der Waals surface area contributed by atoms with Gasteiger partial charge in [-0.1, -0.05) is 19.2 Å². The second-order valence-electron chi connectivity index (χ2n) is 3.03. The molecular formula is C9H9BNO4. The molecule has 0 atom stereocenters. The van der Waals surface area contributed by atoms with E-state index in [1.54, 1.807) is 6.07 Å². The van der Waals surface area contributed by atoms with Crippen LogP contribution in [0.2, 0.25) is 6.82 Å². The molecule has 0 saturated heterocycles. The molecule has 0 fully saturated rings. The van der Waals surface area contributed by atoms with E-state index in [1.807, 2.05) is 14.1 Å². The fourth-order valence-corrected chi connectivity index (χ4v) is 1.27. The molecule has 0 heterocycles. The van der Waals surface area contributed by atoms with Crippen LogP contribution in [0.4, 0.5) is 5.69 Å². The zero-order chi connectivity index (χ0) is 11.4. The number of carboxylic acid groups (broad SMARTS) is 1. The van der Waals surface area contributed by atoms with Crippen LogP contribution in [-0.2, 0) is 6.32 Å². The van der Waals surface area contributed by atoms with E-state index < -0.39 is 10.9 Å². The number of nitro benzene ring substituents is 1. The van der Waals surface area contributed by atoms with Gasteiger partial charge in [0.2, 0.25) is 0 Å². The van der Waals surface area contributed by atoms with E-state index in [2.05, 4.69) is 0 Å². The highest BCUT2D eigenvalue weighted by molar-refractivity contribution is 6.32. The topological polar surface area (TPSA) is 80.4 Å². The third kappa shape index (κ3) is 2.55. The molecule has 0 aliphatic carbocycles. The van der Waals surface area contributed by atoms with Gasteiger partial charge in [-0.15, -0.1) is 0 Å². The lowest BCUT2D eigenvalue weighted by Gasteiger charge is -2.01. The molecule has 0 amide bonds. The van der Waals surface area contributed by atoms with Gasteiger partial charge in [0.25, 0.3) is 5.69 Å². The second-order valence-corrected chi connectivity index (χ2v) is 3.03. The maximum atomic E-state index is 10.7. The van der Waals surface area contributed by atoms with Crippen LogP contribution in [0.25, 0.3) is 0 Å². The van der Waals surface area contributed by atoms with Crippen molar-refractivity contribution in [3.8, 4) is 0 Å². The SMILES string of the molecule is C[B]Cc1ccc(C(=O)O)c([N+](=O)[O-])c1. The highest BCUT2D eigenvalue weighted by atomic mass is 16.6. The Bertz CT molecular complexity index is 405. The Hall–Kier alpha value is -1.85. The minimum atomic E-state index is -1.28. The van der Waals surface area contributed by atoms with Crippen LogP contribution >= 0.6 is 0 Å². The molecular weight excluding hydrogens is 197 g/mol. The van der Waals surface area contributed by atoms with Crippen LogP contribution in [0, 0.1) is 10.1 Å². The molecule has 6 heteroatoms. The maximum absolute atomic E-state index is 10.7. The van der Waals surface area contributed by atoms with Crippen molar-refractivity contribution >= 4 is 18.9 Å². The number of nitrogens with zero attached hydrogens (tertiary/aromatic N) is 1. The van der Waals surface area contributed by atoms with Crippen molar-refractivity contribution in [1.29, 1.82) is 0 Å². The maximum Gasteiger partial charge on any atom is 0.342 e. The van der Waals surface area contributed by atoms with Gasteiger partial charge >= 0.3 is 5.97 Å². The molecule has 0 bridgehead atoms. The van der Waals surface area contributed by atoms with Crippen molar-refractivity contribution in [3.05, 3.63) is 39.4 Å². The smallest absolute Gasteiger partial charge is 0.342 e. The number of nitro groups is 1. The number of benzene rings is 1. The molecule has 1 aromatic carbocycles. The van der Waals surface area contributed by atoms with Gasteiger partial charge in [-0.3, -0.25) is 10.1 Å². The summed E-state index contributed by atoms with van der Waals surface area (Å²) in [4.78, 5) is 20.6. The lowest BCUT2D eigenvalue weighted by atomic mass is 9.75. The van der Waals surface area contributed by atoms with Gasteiger partial charge in [0.1, 0.15) is 12.8 Å². The summed E-state index contributed by atoms with van der Waals surface area (Å²) < 4.78 is 0. The first-order valence-corrected chi connectivity index (χ1v) is 4.34.